The Morgan fingerprint density at radius 2 is 2.36 bits per heavy atom. The molecule has 1 aliphatic rings. The van der Waals surface area contributed by atoms with Crippen molar-refractivity contribution >= 4 is 5.91 Å². The molecule has 2 aromatic heterocycles. The van der Waals surface area contributed by atoms with Crippen LogP contribution in [0.2, 0.25) is 0 Å². The van der Waals surface area contributed by atoms with Gasteiger partial charge in [0.15, 0.2) is 5.82 Å². The van der Waals surface area contributed by atoms with Crippen molar-refractivity contribution in [3.05, 3.63) is 41.8 Å². The number of ether oxygens (including phenoxy) is 1. The molecule has 0 N–H and O–H groups in total. The third kappa shape index (κ3) is 3.30. The van der Waals surface area contributed by atoms with E-state index in [2.05, 4.69) is 15.1 Å². The molecule has 0 radical (unpaired) electrons. The summed E-state index contributed by atoms with van der Waals surface area (Å²) in [5, 5.41) is 3.92. The van der Waals surface area contributed by atoms with Crippen molar-refractivity contribution in [2.75, 3.05) is 20.3 Å². The molecule has 1 aliphatic heterocycles. The maximum absolute atomic E-state index is 12.1. The second-order valence-electron chi connectivity index (χ2n) is 5.29. The number of carbonyl (C=O) groups excluding carboxylic acids is 1. The van der Waals surface area contributed by atoms with Crippen molar-refractivity contribution in [1.82, 2.24) is 20.0 Å². The summed E-state index contributed by atoms with van der Waals surface area (Å²) in [5.41, 5.74) is 0.878. The van der Waals surface area contributed by atoms with Crippen molar-refractivity contribution in [1.29, 1.82) is 0 Å². The molecule has 0 spiro atoms. The quantitative estimate of drug-likeness (QED) is 0.796. The molecule has 0 aromatic carbocycles. The van der Waals surface area contributed by atoms with Crippen molar-refractivity contribution < 1.29 is 14.1 Å². The van der Waals surface area contributed by atoms with Crippen LogP contribution in [0.15, 0.2) is 28.9 Å². The molecule has 3 heterocycles. The van der Waals surface area contributed by atoms with Gasteiger partial charge in [0.25, 0.3) is 0 Å². The normalized spacial score (nSPS) is 18.1. The van der Waals surface area contributed by atoms with Crippen LogP contribution in [0.25, 0.3) is 0 Å². The number of carbonyl (C=O) groups is 1. The van der Waals surface area contributed by atoms with Gasteiger partial charge in [-0.2, -0.15) is 4.98 Å². The lowest BCUT2D eigenvalue weighted by Crippen LogP contribution is -2.24. The van der Waals surface area contributed by atoms with Gasteiger partial charge in [0.05, 0.1) is 24.8 Å². The number of pyridine rings is 1. The number of methoxy groups -OCH3 is 1. The summed E-state index contributed by atoms with van der Waals surface area (Å²) in [4.78, 5) is 22.5. The first kappa shape index (κ1) is 14.6. The molecule has 116 valence electrons. The lowest BCUT2D eigenvalue weighted by Gasteiger charge is -2.15. The zero-order valence-corrected chi connectivity index (χ0v) is 12.4. The van der Waals surface area contributed by atoms with E-state index in [1.54, 1.807) is 18.2 Å². The molecule has 0 aliphatic carbocycles. The average molecular weight is 302 g/mol. The Hall–Kier alpha value is -2.28. The van der Waals surface area contributed by atoms with Gasteiger partial charge in [-0.25, -0.2) is 0 Å². The van der Waals surface area contributed by atoms with E-state index < -0.39 is 0 Å². The third-order valence-electron chi connectivity index (χ3n) is 3.66. The summed E-state index contributed by atoms with van der Waals surface area (Å²) in [6.45, 7) is 1.65. The summed E-state index contributed by atoms with van der Waals surface area (Å²) >= 11 is 0. The zero-order chi connectivity index (χ0) is 15.4. The zero-order valence-electron chi connectivity index (χ0n) is 12.4. The van der Waals surface area contributed by atoms with E-state index in [9.17, 15) is 4.79 Å². The van der Waals surface area contributed by atoms with Crippen molar-refractivity contribution in [3.63, 3.8) is 0 Å². The first-order valence-electron chi connectivity index (χ1n) is 7.25. The Balaban J connectivity index is 1.63. The van der Waals surface area contributed by atoms with Crippen LogP contribution in [0.3, 0.4) is 0 Å². The van der Waals surface area contributed by atoms with E-state index in [0.29, 0.717) is 44.3 Å². The Labute approximate surface area is 128 Å². The predicted octanol–water partition coefficient (Wildman–Crippen LogP) is 1.17. The van der Waals surface area contributed by atoms with Crippen LogP contribution in [0.1, 0.15) is 29.7 Å². The molecule has 7 nitrogen and oxygen atoms in total. The van der Waals surface area contributed by atoms with E-state index in [1.165, 1.54) is 0 Å². The van der Waals surface area contributed by atoms with E-state index in [0.717, 1.165) is 5.69 Å². The van der Waals surface area contributed by atoms with Crippen molar-refractivity contribution in [2.24, 2.45) is 0 Å². The van der Waals surface area contributed by atoms with Gasteiger partial charge in [0.1, 0.15) is 0 Å². The molecule has 1 amide bonds. The van der Waals surface area contributed by atoms with E-state index in [1.807, 2.05) is 18.2 Å². The smallest absolute Gasteiger partial charge is 0.232 e. The first-order chi connectivity index (χ1) is 10.8. The monoisotopic (exact) mass is 302 g/mol. The Morgan fingerprint density at radius 1 is 1.45 bits per heavy atom. The minimum Gasteiger partial charge on any atom is -0.384 e. The van der Waals surface area contributed by atoms with Crippen LogP contribution in [0, 0.1) is 0 Å². The van der Waals surface area contributed by atoms with Gasteiger partial charge in [-0.1, -0.05) is 11.2 Å². The van der Waals surface area contributed by atoms with Gasteiger partial charge in [-0.05, 0) is 12.1 Å². The summed E-state index contributed by atoms with van der Waals surface area (Å²) in [6, 6.07) is 5.69. The molecule has 0 saturated carbocycles. The van der Waals surface area contributed by atoms with Crippen molar-refractivity contribution in [3.8, 4) is 0 Å². The number of rotatable bonds is 6. The Kier molecular flexibility index (Phi) is 4.43. The lowest BCUT2D eigenvalue weighted by molar-refractivity contribution is -0.128. The van der Waals surface area contributed by atoms with Gasteiger partial charge >= 0.3 is 0 Å². The van der Waals surface area contributed by atoms with Crippen LogP contribution in [-0.2, 0) is 22.5 Å². The van der Waals surface area contributed by atoms with Gasteiger partial charge < -0.3 is 14.2 Å². The average Bonchev–Trinajstić information content (AvgIpc) is 3.14. The number of hydrogen-bond acceptors (Lipinski definition) is 6. The Morgan fingerprint density at radius 3 is 3.14 bits per heavy atom. The highest BCUT2D eigenvalue weighted by Gasteiger charge is 2.34. The van der Waals surface area contributed by atoms with Gasteiger partial charge in [-0.15, -0.1) is 0 Å². The first-order valence-corrected chi connectivity index (χ1v) is 7.25. The molecular weight excluding hydrogens is 284 g/mol. The molecule has 22 heavy (non-hydrogen) atoms. The maximum atomic E-state index is 12.1. The second-order valence-corrected chi connectivity index (χ2v) is 5.29. The Bertz CT molecular complexity index is 629. The summed E-state index contributed by atoms with van der Waals surface area (Å²) in [5.74, 6) is 1.20. The maximum Gasteiger partial charge on any atom is 0.232 e. The molecule has 0 unspecified atom stereocenters. The second kappa shape index (κ2) is 6.65. The number of aromatic nitrogens is 3. The third-order valence-corrected chi connectivity index (χ3v) is 3.66. The fraction of sp³-hybridized carbons (Fsp3) is 0.467. The van der Waals surface area contributed by atoms with E-state index in [4.69, 9.17) is 9.26 Å². The number of nitrogens with zero attached hydrogens (tertiary/aromatic N) is 4. The van der Waals surface area contributed by atoms with Crippen molar-refractivity contribution in [2.45, 2.75) is 25.3 Å². The van der Waals surface area contributed by atoms with Gasteiger partial charge in [0.2, 0.25) is 11.8 Å². The predicted molar refractivity (Wildman–Crippen MR) is 76.9 cm³/mol. The number of amides is 1. The lowest BCUT2D eigenvalue weighted by atomic mass is 10.1. The molecule has 2 aromatic rings. The molecule has 3 rings (SSSR count). The molecule has 0 bridgehead atoms. The summed E-state index contributed by atoms with van der Waals surface area (Å²) in [6.07, 6.45) is 2.74. The summed E-state index contributed by atoms with van der Waals surface area (Å²) < 4.78 is 10.3. The van der Waals surface area contributed by atoms with Gasteiger partial charge in [-0.3, -0.25) is 9.78 Å². The fourth-order valence-electron chi connectivity index (χ4n) is 2.51. The topological polar surface area (TPSA) is 81.4 Å². The van der Waals surface area contributed by atoms with E-state index in [-0.39, 0.29) is 11.8 Å². The van der Waals surface area contributed by atoms with Crippen LogP contribution in [-0.4, -0.2) is 46.2 Å². The highest BCUT2D eigenvalue weighted by Crippen LogP contribution is 2.27. The number of likely N-dealkylation sites (tertiary alicyclic amines) is 1. The molecular formula is C15H18N4O3. The molecule has 1 fully saturated rings. The van der Waals surface area contributed by atoms with Crippen LogP contribution < -0.4 is 0 Å². The van der Waals surface area contributed by atoms with Crippen LogP contribution in [0.4, 0.5) is 0 Å². The molecule has 1 atom stereocenters. The fourth-order valence-corrected chi connectivity index (χ4v) is 2.51. The number of hydrogen-bond donors (Lipinski definition) is 0. The summed E-state index contributed by atoms with van der Waals surface area (Å²) in [7, 11) is 1.63. The molecule has 1 saturated heterocycles. The molecule has 7 heteroatoms. The van der Waals surface area contributed by atoms with Gasteiger partial charge in [0, 0.05) is 32.7 Å². The highest BCUT2D eigenvalue weighted by atomic mass is 16.5. The largest absolute Gasteiger partial charge is 0.384 e. The standard InChI is InChI=1S/C15H18N4O3/c1-21-7-5-13-17-15(22-18-13)11-8-14(20)19(9-11)10-12-4-2-3-6-16-12/h2-4,6,11H,5,7-10H2,1H3/t11-/m1/s1. The minimum absolute atomic E-state index is 0.0417. The minimum atomic E-state index is -0.0417. The van der Waals surface area contributed by atoms with Crippen LogP contribution >= 0.6 is 0 Å². The van der Waals surface area contributed by atoms with E-state index >= 15 is 0 Å². The highest BCUT2D eigenvalue weighted by molar-refractivity contribution is 5.79. The van der Waals surface area contributed by atoms with Crippen LogP contribution in [0.5, 0.6) is 0 Å². The SMILES string of the molecule is COCCc1noc([C@@H]2CC(=O)N(Cc3ccccn3)C2)n1.